The van der Waals surface area contributed by atoms with E-state index in [1.54, 1.807) is 7.11 Å². The molecule has 1 saturated heterocycles. The smallest absolute Gasteiger partial charge is 0.191 e. The largest absolute Gasteiger partial charge is 0.381 e. The van der Waals surface area contributed by atoms with Crippen LogP contribution in [0.5, 0.6) is 0 Å². The van der Waals surface area contributed by atoms with Crippen LogP contribution in [0.3, 0.4) is 0 Å². The molecule has 0 spiro atoms. The lowest BCUT2D eigenvalue weighted by Gasteiger charge is -2.38. The zero-order valence-electron chi connectivity index (χ0n) is 17.7. The molecule has 2 N–H and O–H groups in total. The average molecular weight is 568 g/mol. The minimum atomic E-state index is 0. The maximum Gasteiger partial charge on any atom is 0.191 e. The highest BCUT2D eigenvalue weighted by molar-refractivity contribution is 14.0. The van der Waals surface area contributed by atoms with Gasteiger partial charge in [-0.15, -0.1) is 24.0 Å². The highest BCUT2D eigenvalue weighted by Crippen LogP contribution is 2.35. The molecule has 1 fully saturated rings. The molecule has 0 bridgehead atoms. The third kappa shape index (κ3) is 7.15. The fourth-order valence-corrected chi connectivity index (χ4v) is 3.80. The van der Waals surface area contributed by atoms with Gasteiger partial charge in [-0.2, -0.15) is 0 Å². The first kappa shape index (κ1) is 25.7. The van der Waals surface area contributed by atoms with Crippen molar-refractivity contribution in [3.63, 3.8) is 0 Å². The Bertz CT molecular complexity index is 611. The summed E-state index contributed by atoms with van der Waals surface area (Å²) in [5.74, 6) is 0.810. The molecule has 0 amide bonds. The van der Waals surface area contributed by atoms with Crippen molar-refractivity contribution in [3.8, 4) is 0 Å². The average Bonchev–Trinajstić information content (AvgIpc) is 2.65. The molecule has 1 aromatic rings. The zero-order valence-corrected chi connectivity index (χ0v) is 21.6. The standard InChI is InChI=1S/C21H34BrN3O2.HI/c1-20(2,3)18(26-5)14-24-19(23-4)25-15-21(10-12-27-13-11-21)16-6-8-17(22)9-7-16;/h6-9,18H,10-15H2,1-5H3,(H2,23,24,25);1H. The summed E-state index contributed by atoms with van der Waals surface area (Å²) in [6, 6.07) is 8.67. The summed E-state index contributed by atoms with van der Waals surface area (Å²) in [6.07, 6.45) is 2.11. The minimum absolute atomic E-state index is 0. The predicted molar refractivity (Wildman–Crippen MR) is 131 cm³/mol. The lowest BCUT2D eigenvalue weighted by atomic mass is 9.74. The van der Waals surface area contributed by atoms with Gasteiger partial charge in [0.1, 0.15) is 0 Å². The zero-order chi connectivity index (χ0) is 19.9. The summed E-state index contributed by atoms with van der Waals surface area (Å²) in [6.45, 7) is 9.68. The van der Waals surface area contributed by atoms with Gasteiger partial charge in [-0.25, -0.2) is 0 Å². The molecule has 28 heavy (non-hydrogen) atoms. The summed E-state index contributed by atoms with van der Waals surface area (Å²) < 4.78 is 12.4. The molecule has 0 saturated carbocycles. The maximum atomic E-state index is 5.64. The van der Waals surface area contributed by atoms with Gasteiger partial charge in [-0.1, -0.05) is 48.8 Å². The predicted octanol–water partition coefficient (Wildman–Crippen LogP) is 4.34. The van der Waals surface area contributed by atoms with Crippen molar-refractivity contribution in [1.82, 2.24) is 10.6 Å². The Morgan fingerprint density at radius 2 is 1.82 bits per heavy atom. The SMILES string of the molecule is CN=C(NCC(OC)C(C)(C)C)NCC1(c2ccc(Br)cc2)CCOCC1.I. The van der Waals surface area contributed by atoms with E-state index in [-0.39, 0.29) is 40.9 Å². The van der Waals surface area contributed by atoms with E-state index in [9.17, 15) is 0 Å². The molecule has 1 aliphatic rings. The van der Waals surface area contributed by atoms with Crippen LogP contribution in [0.2, 0.25) is 0 Å². The van der Waals surface area contributed by atoms with Crippen molar-refractivity contribution in [3.05, 3.63) is 34.3 Å². The van der Waals surface area contributed by atoms with Crippen molar-refractivity contribution >= 4 is 45.9 Å². The molecular weight excluding hydrogens is 533 g/mol. The lowest BCUT2D eigenvalue weighted by Crippen LogP contribution is -2.50. The number of benzene rings is 1. The van der Waals surface area contributed by atoms with E-state index in [1.165, 1.54) is 5.56 Å². The topological polar surface area (TPSA) is 54.9 Å². The Hall–Kier alpha value is -0.380. The van der Waals surface area contributed by atoms with Gasteiger partial charge in [0.2, 0.25) is 0 Å². The third-order valence-electron chi connectivity index (χ3n) is 5.43. The fourth-order valence-electron chi connectivity index (χ4n) is 3.54. The Kier molecular flexibility index (Phi) is 10.7. The molecule has 0 aromatic heterocycles. The number of guanidine groups is 1. The van der Waals surface area contributed by atoms with Crippen LogP contribution in [0, 0.1) is 5.41 Å². The molecule has 2 rings (SSSR count). The molecule has 1 heterocycles. The van der Waals surface area contributed by atoms with Crippen molar-refractivity contribution < 1.29 is 9.47 Å². The summed E-state index contributed by atoms with van der Waals surface area (Å²) in [4.78, 5) is 4.40. The Balaban J connectivity index is 0.00000392. The van der Waals surface area contributed by atoms with E-state index in [2.05, 4.69) is 76.6 Å². The number of methoxy groups -OCH3 is 1. The molecule has 1 aliphatic heterocycles. The van der Waals surface area contributed by atoms with E-state index in [1.807, 2.05) is 7.05 Å². The van der Waals surface area contributed by atoms with Crippen LogP contribution in [-0.4, -0.2) is 52.5 Å². The van der Waals surface area contributed by atoms with Crippen LogP contribution >= 0.6 is 39.9 Å². The van der Waals surface area contributed by atoms with Crippen molar-refractivity contribution in [2.75, 3.05) is 40.5 Å². The van der Waals surface area contributed by atoms with Gasteiger partial charge in [0.25, 0.3) is 0 Å². The number of hydrogen-bond acceptors (Lipinski definition) is 3. The quantitative estimate of drug-likeness (QED) is 0.305. The molecule has 160 valence electrons. The van der Waals surface area contributed by atoms with Gasteiger partial charge in [0, 0.05) is 50.3 Å². The molecule has 0 aliphatic carbocycles. The fraction of sp³-hybridized carbons (Fsp3) is 0.667. The lowest BCUT2D eigenvalue weighted by molar-refractivity contribution is 0.0204. The first-order valence-electron chi connectivity index (χ1n) is 9.62. The molecule has 1 atom stereocenters. The second-order valence-corrected chi connectivity index (χ2v) is 9.21. The van der Waals surface area contributed by atoms with E-state index >= 15 is 0 Å². The van der Waals surface area contributed by atoms with E-state index < -0.39 is 0 Å². The van der Waals surface area contributed by atoms with Crippen molar-refractivity contribution in [1.29, 1.82) is 0 Å². The van der Waals surface area contributed by atoms with E-state index in [0.717, 1.165) is 43.0 Å². The Morgan fingerprint density at radius 1 is 1.21 bits per heavy atom. The van der Waals surface area contributed by atoms with Crippen LogP contribution in [-0.2, 0) is 14.9 Å². The highest BCUT2D eigenvalue weighted by atomic mass is 127. The highest BCUT2D eigenvalue weighted by Gasteiger charge is 2.34. The van der Waals surface area contributed by atoms with Gasteiger partial charge in [0.05, 0.1) is 6.10 Å². The third-order valence-corrected chi connectivity index (χ3v) is 5.96. The van der Waals surface area contributed by atoms with E-state index in [0.29, 0.717) is 6.54 Å². The summed E-state index contributed by atoms with van der Waals surface area (Å²) in [5, 5.41) is 6.96. The normalized spacial score (nSPS) is 18.1. The number of nitrogens with zero attached hydrogens (tertiary/aromatic N) is 1. The second-order valence-electron chi connectivity index (χ2n) is 8.30. The molecule has 0 radical (unpaired) electrons. The summed E-state index contributed by atoms with van der Waals surface area (Å²) in [7, 11) is 3.57. The van der Waals surface area contributed by atoms with Gasteiger partial charge >= 0.3 is 0 Å². The van der Waals surface area contributed by atoms with Gasteiger partial charge in [0.15, 0.2) is 5.96 Å². The monoisotopic (exact) mass is 567 g/mol. The number of halogens is 2. The van der Waals surface area contributed by atoms with Crippen LogP contribution in [0.25, 0.3) is 0 Å². The van der Waals surface area contributed by atoms with Crippen LogP contribution in [0.15, 0.2) is 33.7 Å². The molecule has 1 aromatic carbocycles. The van der Waals surface area contributed by atoms with Crippen molar-refractivity contribution in [2.45, 2.75) is 45.1 Å². The number of nitrogens with one attached hydrogen (secondary N) is 2. The number of hydrogen-bond donors (Lipinski definition) is 2. The summed E-state index contributed by atoms with van der Waals surface area (Å²) in [5.41, 5.74) is 1.47. The van der Waals surface area contributed by atoms with E-state index in [4.69, 9.17) is 9.47 Å². The van der Waals surface area contributed by atoms with Crippen LogP contribution < -0.4 is 10.6 Å². The molecule has 5 nitrogen and oxygen atoms in total. The minimum Gasteiger partial charge on any atom is -0.381 e. The summed E-state index contributed by atoms with van der Waals surface area (Å²) >= 11 is 3.54. The first-order chi connectivity index (χ1) is 12.8. The number of rotatable bonds is 6. The van der Waals surface area contributed by atoms with Crippen LogP contribution in [0.4, 0.5) is 0 Å². The molecule has 7 heteroatoms. The first-order valence-corrected chi connectivity index (χ1v) is 10.4. The Morgan fingerprint density at radius 3 is 2.32 bits per heavy atom. The van der Waals surface area contributed by atoms with Gasteiger partial charge < -0.3 is 20.1 Å². The number of ether oxygens (including phenoxy) is 2. The Labute approximate surface area is 195 Å². The molecule has 1 unspecified atom stereocenters. The van der Waals surface area contributed by atoms with Crippen LogP contribution in [0.1, 0.15) is 39.2 Å². The van der Waals surface area contributed by atoms with Crippen molar-refractivity contribution in [2.24, 2.45) is 10.4 Å². The maximum absolute atomic E-state index is 5.64. The van der Waals surface area contributed by atoms with Gasteiger partial charge in [-0.3, -0.25) is 4.99 Å². The number of aliphatic imine (C=N–C) groups is 1. The van der Waals surface area contributed by atoms with Gasteiger partial charge in [-0.05, 0) is 36.0 Å². The second kappa shape index (κ2) is 11.7. The molecular formula is C21H35BrIN3O2.